The lowest BCUT2D eigenvalue weighted by atomic mass is 9.97. The summed E-state index contributed by atoms with van der Waals surface area (Å²) >= 11 is 0. The number of aryl methyl sites for hydroxylation is 1. The van der Waals surface area contributed by atoms with Crippen LogP contribution in [0.25, 0.3) is 5.69 Å². The number of carbonyl (C=O) groups is 2. The number of unbranched alkanes of at least 4 members (excludes halogenated alkanes) is 1. The molecule has 5 heteroatoms. The van der Waals surface area contributed by atoms with Gasteiger partial charge in [-0.2, -0.15) is 0 Å². The summed E-state index contributed by atoms with van der Waals surface area (Å²) < 4.78 is 2.16. The van der Waals surface area contributed by atoms with Gasteiger partial charge in [-0.25, -0.2) is 0 Å². The molecule has 0 fully saturated rings. The number of rotatable bonds is 8. The molecule has 0 bridgehead atoms. The molecular weight excluding hydrogens is 470 g/mol. The predicted octanol–water partition coefficient (Wildman–Crippen LogP) is 6.81. The molecule has 0 saturated carbocycles. The van der Waals surface area contributed by atoms with Gasteiger partial charge in [-0.1, -0.05) is 67.9 Å². The summed E-state index contributed by atoms with van der Waals surface area (Å²) in [6, 6.07) is 29.6. The standard InChI is InChI=1S/C33H35N3O2/c1-4-5-12-25-18-20-27(21-19-25)33(38)35(24(2)3)23-31(37)36-29-16-10-9-15-28(29)34-22-11-17-30(34)32(36)26-13-7-6-8-14-26/h6-11,13-22,24,32H,4-5,12,23H2,1-3H3/t32-/m0/s1. The third-order valence-electron chi connectivity index (χ3n) is 7.31. The number of nitrogens with zero attached hydrogens (tertiary/aromatic N) is 3. The van der Waals surface area contributed by atoms with Gasteiger partial charge >= 0.3 is 0 Å². The number of hydrogen-bond acceptors (Lipinski definition) is 2. The third kappa shape index (κ3) is 4.89. The van der Waals surface area contributed by atoms with Crippen molar-refractivity contribution in [2.24, 2.45) is 0 Å². The molecule has 38 heavy (non-hydrogen) atoms. The average Bonchev–Trinajstić information content (AvgIpc) is 3.44. The minimum Gasteiger partial charge on any atom is -0.327 e. The van der Waals surface area contributed by atoms with Crippen LogP contribution in [-0.4, -0.2) is 33.9 Å². The largest absolute Gasteiger partial charge is 0.327 e. The van der Waals surface area contributed by atoms with Crippen molar-refractivity contribution in [1.29, 1.82) is 0 Å². The quantitative estimate of drug-likeness (QED) is 0.264. The van der Waals surface area contributed by atoms with Crippen LogP contribution in [0.15, 0.2) is 97.2 Å². The Hall–Kier alpha value is -4.12. The SMILES string of the molecule is CCCCc1ccc(C(=O)N(CC(=O)N2c3ccccc3-n3cccc3[C@@H]2c2ccccc2)C(C)C)cc1. The van der Waals surface area contributed by atoms with Gasteiger partial charge in [0.15, 0.2) is 0 Å². The lowest BCUT2D eigenvalue weighted by Crippen LogP contribution is -2.48. The van der Waals surface area contributed by atoms with E-state index in [1.54, 1.807) is 4.90 Å². The van der Waals surface area contributed by atoms with Crippen LogP contribution in [0.4, 0.5) is 5.69 Å². The minimum atomic E-state index is -0.296. The monoisotopic (exact) mass is 505 g/mol. The molecule has 194 valence electrons. The summed E-state index contributed by atoms with van der Waals surface area (Å²) in [5, 5.41) is 0. The molecule has 0 radical (unpaired) electrons. The van der Waals surface area contributed by atoms with Gasteiger partial charge in [0.2, 0.25) is 5.91 Å². The number of aromatic nitrogens is 1. The van der Waals surface area contributed by atoms with Gasteiger partial charge < -0.3 is 9.47 Å². The van der Waals surface area contributed by atoms with Gasteiger partial charge in [0.05, 0.1) is 17.1 Å². The molecule has 3 aromatic carbocycles. The van der Waals surface area contributed by atoms with Gasteiger partial charge in [0.25, 0.3) is 5.91 Å². The number of anilines is 1. The topological polar surface area (TPSA) is 45.6 Å². The molecule has 0 aliphatic carbocycles. The Bertz CT molecular complexity index is 1410. The summed E-state index contributed by atoms with van der Waals surface area (Å²) in [6.45, 7) is 6.10. The zero-order valence-electron chi connectivity index (χ0n) is 22.4. The van der Waals surface area contributed by atoms with Gasteiger partial charge in [-0.3, -0.25) is 14.5 Å². The summed E-state index contributed by atoms with van der Waals surface area (Å²) in [5.74, 6) is -0.235. The van der Waals surface area contributed by atoms with E-state index in [1.165, 1.54) is 5.56 Å². The maximum atomic E-state index is 14.2. The van der Waals surface area contributed by atoms with E-state index < -0.39 is 0 Å². The Labute approximate surface area is 225 Å². The smallest absolute Gasteiger partial charge is 0.254 e. The zero-order valence-corrected chi connectivity index (χ0v) is 22.4. The average molecular weight is 506 g/mol. The third-order valence-corrected chi connectivity index (χ3v) is 7.31. The highest BCUT2D eigenvalue weighted by molar-refractivity contribution is 6.02. The highest BCUT2D eigenvalue weighted by Gasteiger charge is 2.37. The van der Waals surface area contributed by atoms with E-state index in [4.69, 9.17) is 0 Å². The van der Waals surface area contributed by atoms with E-state index in [1.807, 2.05) is 97.7 Å². The summed E-state index contributed by atoms with van der Waals surface area (Å²) in [7, 11) is 0. The maximum Gasteiger partial charge on any atom is 0.254 e. The lowest BCUT2D eigenvalue weighted by molar-refractivity contribution is -0.120. The van der Waals surface area contributed by atoms with E-state index in [0.717, 1.165) is 41.9 Å². The first kappa shape index (κ1) is 25.5. The van der Waals surface area contributed by atoms with Crippen molar-refractivity contribution in [1.82, 2.24) is 9.47 Å². The van der Waals surface area contributed by atoms with Gasteiger partial charge in [-0.15, -0.1) is 0 Å². The Morgan fingerprint density at radius 2 is 1.53 bits per heavy atom. The molecule has 4 aromatic rings. The Balaban J connectivity index is 1.48. The molecule has 1 aromatic heterocycles. The van der Waals surface area contributed by atoms with E-state index in [0.29, 0.717) is 5.56 Å². The van der Waals surface area contributed by atoms with Gasteiger partial charge in [-0.05, 0) is 74.2 Å². The first-order chi connectivity index (χ1) is 18.5. The summed E-state index contributed by atoms with van der Waals surface area (Å²) in [4.78, 5) is 31.4. The molecule has 2 amide bonds. The van der Waals surface area contributed by atoms with Crippen molar-refractivity contribution in [3.63, 3.8) is 0 Å². The summed E-state index contributed by atoms with van der Waals surface area (Å²) in [6.07, 6.45) is 5.32. The number of fused-ring (bicyclic) bond motifs is 3. The van der Waals surface area contributed by atoms with Gasteiger partial charge in [0, 0.05) is 17.8 Å². The molecule has 1 atom stereocenters. The first-order valence-corrected chi connectivity index (χ1v) is 13.5. The van der Waals surface area contributed by atoms with Crippen LogP contribution < -0.4 is 4.90 Å². The molecule has 1 aliphatic rings. The second kappa shape index (κ2) is 11.1. The predicted molar refractivity (Wildman–Crippen MR) is 153 cm³/mol. The van der Waals surface area contributed by atoms with E-state index in [9.17, 15) is 9.59 Å². The highest BCUT2D eigenvalue weighted by atomic mass is 16.2. The van der Waals surface area contributed by atoms with E-state index in [-0.39, 0.29) is 30.4 Å². The fraction of sp³-hybridized carbons (Fsp3) is 0.273. The van der Waals surface area contributed by atoms with Crippen LogP contribution >= 0.6 is 0 Å². The van der Waals surface area contributed by atoms with Crippen LogP contribution in [0.1, 0.15) is 66.8 Å². The maximum absolute atomic E-state index is 14.2. The zero-order chi connectivity index (χ0) is 26.6. The second-order valence-electron chi connectivity index (χ2n) is 10.2. The van der Waals surface area contributed by atoms with Crippen molar-refractivity contribution >= 4 is 17.5 Å². The van der Waals surface area contributed by atoms with Crippen LogP contribution in [0.3, 0.4) is 0 Å². The Kier molecular flexibility index (Phi) is 7.45. The van der Waals surface area contributed by atoms with Gasteiger partial charge in [0.1, 0.15) is 12.6 Å². The Morgan fingerprint density at radius 1 is 0.842 bits per heavy atom. The normalized spacial score (nSPS) is 14.2. The molecule has 0 spiro atoms. The molecule has 5 nitrogen and oxygen atoms in total. The van der Waals surface area contributed by atoms with Crippen LogP contribution in [0, 0.1) is 0 Å². The van der Waals surface area contributed by atoms with Crippen molar-refractivity contribution < 1.29 is 9.59 Å². The molecule has 5 rings (SSSR count). The molecule has 0 N–H and O–H groups in total. The highest BCUT2D eigenvalue weighted by Crippen LogP contribution is 2.42. The van der Waals surface area contributed by atoms with Crippen LogP contribution in [-0.2, 0) is 11.2 Å². The van der Waals surface area contributed by atoms with Crippen LogP contribution in [0.5, 0.6) is 0 Å². The van der Waals surface area contributed by atoms with Crippen molar-refractivity contribution in [2.45, 2.75) is 52.1 Å². The number of benzene rings is 3. The number of hydrogen-bond donors (Lipinski definition) is 0. The van der Waals surface area contributed by atoms with Crippen molar-refractivity contribution in [2.75, 3.05) is 11.4 Å². The fourth-order valence-electron chi connectivity index (χ4n) is 5.28. The number of carbonyl (C=O) groups excluding carboxylic acids is 2. The van der Waals surface area contributed by atoms with Crippen molar-refractivity contribution in [3.8, 4) is 5.69 Å². The van der Waals surface area contributed by atoms with E-state index in [2.05, 4.69) is 29.7 Å². The molecule has 0 unspecified atom stereocenters. The molecule has 2 heterocycles. The summed E-state index contributed by atoms with van der Waals surface area (Å²) in [5.41, 5.74) is 5.69. The second-order valence-corrected chi connectivity index (χ2v) is 10.2. The number of para-hydroxylation sites is 2. The Morgan fingerprint density at radius 3 is 2.21 bits per heavy atom. The number of amides is 2. The fourth-order valence-corrected chi connectivity index (χ4v) is 5.28. The molecule has 0 saturated heterocycles. The molecular formula is C33H35N3O2. The molecule has 1 aliphatic heterocycles. The first-order valence-electron chi connectivity index (χ1n) is 13.5. The van der Waals surface area contributed by atoms with Crippen molar-refractivity contribution in [3.05, 3.63) is 120 Å². The minimum absolute atomic E-state index is 0.00748. The van der Waals surface area contributed by atoms with Crippen LogP contribution in [0.2, 0.25) is 0 Å². The van der Waals surface area contributed by atoms with E-state index >= 15 is 0 Å². The lowest BCUT2D eigenvalue weighted by Gasteiger charge is -2.40.